The fourth-order valence-electron chi connectivity index (χ4n) is 3.07. The highest BCUT2D eigenvalue weighted by atomic mass is 35.5. The molecule has 0 aromatic heterocycles. The predicted molar refractivity (Wildman–Crippen MR) is 114 cm³/mol. The lowest BCUT2D eigenvalue weighted by molar-refractivity contribution is 0.486. The molecule has 3 heteroatoms. The molecule has 0 spiro atoms. The maximum Gasteiger partial charge on any atom is 0.136 e. The van der Waals surface area contributed by atoms with Crippen LogP contribution < -0.4 is 4.74 Å². The van der Waals surface area contributed by atoms with Crippen molar-refractivity contribution in [2.45, 2.75) is 0 Å². The first-order valence-corrected chi connectivity index (χ1v) is 9.35. The summed E-state index contributed by atoms with van der Waals surface area (Å²) in [6.45, 7) is 0. The van der Waals surface area contributed by atoms with Crippen LogP contribution in [0.5, 0.6) is 11.5 Å². The molecule has 27 heavy (non-hydrogen) atoms. The second-order valence-electron chi connectivity index (χ2n) is 6.06. The number of hydrogen-bond acceptors (Lipinski definition) is 1. The molecule has 4 aromatic carbocycles. The van der Waals surface area contributed by atoms with Gasteiger partial charge in [0.2, 0.25) is 0 Å². The van der Waals surface area contributed by atoms with E-state index in [1.807, 2.05) is 97.1 Å². The Morgan fingerprint density at radius 1 is 0.444 bits per heavy atom. The van der Waals surface area contributed by atoms with Crippen molar-refractivity contribution < 1.29 is 4.74 Å². The van der Waals surface area contributed by atoms with Crippen LogP contribution in [-0.4, -0.2) is 0 Å². The van der Waals surface area contributed by atoms with E-state index in [0.717, 1.165) is 22.3 Å². The lowest BCUT2D eigenvalue weighted by Crippen LogP contribution is -1.92. The zero-order chi connectivity index (χ0) is 18.6. The van der Waals surface area contributed by atoms with Crippen LogP contribution in [0.25, 0.3) is 22.3 Å². The number of halogens is 2. The molecule has 132 valence electrons. The molecule has 0 radical (unpaired) electrons. The first kappa shape index (κ1) is 17.7. The molecular formula is C24H16Cl2O. The van der Waals surface area contributed by atoms with Crippen molar-refractivity contribution in [3.8, 4) is 33.8 Å². The van der Waals surface area contributed by atoms with E-state index in [9.17, 15) is 0 Å². The summed E-state index contributed by atoms with van der Waals surface area (Å²) in [5.74, 6) is 1.38. The molecule has 4 aromatic rings. The fourth-order valence-corrected chi connectivity index (χ4v) is 3.62. The van der Waals surface area contributed by atoms with Crippen LogP contribution in [0.4, 0.5) is 0 Å². The topological polar surface area (TPSA) is 9.23 Å². The number of benzene rings is 4. The molecule has 1 nitrogen and oxygen atoms in total. The average molecular weight is 391 g/mol. The second kappa shape index (κ2) is 7.87. The highest BCUT2D eigenvalue weighted by molar-refractivity contribution is 6.34. The van der Waals surface area contributed by atoms with Crippen molar-refractivity contribution in [1.82, 2.24) is 0 Å². The van der Waals surface area contributed by atoms with E-state index in [-0.39, 0.29) is 0 Å². The fraction of sp³-hybridized carbons (Fsp3) is 0. The molecule has 0 fully saturated rings. The zero-order valence-electron chi connectivity index (χ0n) is 14.4. The molecule has 0 atom stereocenters. The van der Waals surface area contributed by atoms with E-state index in [1.54, 1.807) is 0 Å². The van der Waals surface area contributed by atoms with E-state index < -0.39 is 0 Å². The largest absolute Gasteiger partial charge is 0.456 e. The monoisotopic (exact) mass is 390 g/mol. The summed E-state index contributed by atoms with van der Waals surface area (Å²) in [4.78, 5) is 0. The summed E-state index contributed by atoms with van der Waals surface area (Å²) in [6, 6.07) is 31.3. The molecular weight excluding hydrogens is 375 g/mol. The lowest BCUT2D eigenvalue weighted by atomic mass is 10.0. The van der Waals surface area contributed by atoms with Crippen LogP contribution in [0.15, 0.2) is 97.1 Å². The van der Waals surface area contributed by atoms with Crippen LogP contribution in [0.3, 0.4) is 0 Å². The van der Waals surface area contributed by atoms with E-state index in [0.29, 0.717) is 21.5 Å². The molecule has 0 aliphatic heterocycles. The van der Waals surface area contributed by atoms with Gasteiger partial charge in [-0.05, 0) is 35.4 Å². The summed E-state index contributed by atoms with van der Waals surface area (Å²) in [7, 11) is 0. The van der Waals surface area contributed by atoms with Crippen LogP contribution in [0, 0.1) is 0 Å². The van der Waals surface area contributed by atoms with Crippen molar-refractivity contribution in [3.63, 3.8) is 0 Å². The third-order valence-electron chi connectivity index (χ3n) is 4.30. The van der Waals surface area contributed by atoms with E-state index >= 15 is 0 Å². The molecule has 0 heterocycles. The Kier molecular flexibility index (Phi) is 5.15. The first-order valence-electron chi connectivity index (χ1n) is 8.60. The Balaban J connectivity index is 1.84. The molecule has 0 aliphatic carbocycles. The van der Waals surface area contributed by atoms with E-state index in [2.05, 4.69) is 0 Å². The van der Waals surface area contributed by atoms with Crippen molar-refractivity contribution in [3.05, 3.63) is 107 Å². The van der Waals surface area contributed by atoms with Crippen molar-refractivity contribution >= 4 is 23.2 Å². The standard InChI is InChI=1S/C24H16Cl2O/c25-19-13-7-15-21(23(19)17-9-3-1-4-10-17)27-22-16-8-14-20(26)24(22)18-11-5-2-6-12-18/h1-16H. The van der Waals surface area contributed by atoms with Crippen molar-refractivity contribution in [2.75, 3.05) is 0 Å². The van der Waals surface area contributed by atoms with Gasteiger partial charge in [-0.25, -0.2) is 0 Å². The van der Waals surface area contributed by atoms with Gasteiger partial charge in [0.1, 0.15) is 11.5 Å². The number of ether oxygens (including phenoxy) is 1. The summed E-state index contributed by atoms with van der Waals surface area (Å²) >= 11 is 13.0. The first-order chi connectivity index (χ1) is 13.2. The molecule has 0 bridgehead atoms. The van der Waals surface area contributed by atoms with Gasteiger partial charge in [0.05, 0.1) is 10.0 Å². The van der Waals surface area contributed by atoms with Gasteiger partial charge in [-0.1, -0.05) is 96.0 Å². The maximum absolute atomic E-state index is 6.51. The Labute approximate surface area is 168 Å². The van der Waals surface area contributed by atoms with Crippen molar-refractivity contribution in [1.29, 1.82) is 0 Å². The number of hydrogen-bond donors (Lipinski definition) is 0. The van der Waals surface area contributed by atoms with Crippen LogP contribution in [0.1, 0.15) is 0 Å². The normalized spacial score (nSPS) is 10.6. The van der Waals surface area contributed by atoms with Crippen LogP contribution in [-0.2, 0) is 0 Å². The van der Waals surface area contributed by atoms with E-state index in [1.165, 1.54) is 0 Å². The number of rotatable bonds is 4. The summed E-state index contributed by atoms with van der Waals surface area (Å²) < 4.78 is 6.34. The molecule has 0 amide bonds. The van der Waals surface area contributed by atoms with Crippen LogP contribution >= 0.6 is 23.2 Å². The minimum absolute atomic E-state index is 0.641. The predicted octanol–water partition coefficient (Wildman–Crippen LogP) is 8.12. The van der Waals surface area contributed by atoms with Gasteiger partial charge in [-0.15, -0.1) is 0 Å². The molecule has 0 N–H and O–H groups in total. The molecule has 0 aliphatic rings. The summed E-state index contributed by atoms with van der Waals surface area (Å²) in [5.41, 5.74) is 3.72. The van der Waals surface area contributed by atoms with Gasteiger partial charge < -0.3 is 4.74 Å². The van der Waals surface area contributed by atoms with Gasteiger partial charge >= 0.3 is 0 Å². The lowest BCUT2D eigenvalue weighted by Gasteiger charge is -2.16. The minimum atomic E-state index is 0.641. The summed E-state index contributed by atoms with van der Waals surface area (Å²) in [5, 5.41) is 1.28. The smallest absolute Gasteiger partial charge is 0.136 e. The maximum atomic E-state index is 6.51. The van der Waals surface area contributed by atoms with Gasteiger partial charge in [0.15, 0.2) is 0 Å². The Bertz CT molecular complexity index is 973. The third kappa shape index (κ3) is 3.71. The molecule has 0 unspecified atom stereocenters. The highest BCUT2D eigenvalue weighted by Gasteiger charge is 2.15. The Morgan fingerprint density at radius 3 is 1.26 bits per heavy atom. The minimum Gasteiger partial charge on any atom is -0.456 e. The highest BCUT2D eigenvalue weighted by Crippen LogP contribution is 2.43. The molecule has 0 saturated heterocycles. The van der Waals surface area contributed by atoms with Gasteiger partial charge in [-0.2, -0.15) is 0 Å². The Morgan fingerprint density at radius 2 is 0.852 bits per heavy atom. The van der Waals surface area contributed by atoms with E-state index in [4.69, 9.17) is 27.9 Å². The SMILES string of the molecule is Clc1cccc(Oc2cccc(Cl)c2-c2ccccc2)c1-c1ccccc1. The quantitative estimate of drug-likeness (QED) is 0.341. The molecule has 0 saturated carbocycles. The Hall–Kier alpha value is -2.74. The van der Waals surface area contributed by atoms with Crippen LogP contribution in [0.2, 0.25) is 10.0 Å². The van der Waals surface area contributed by atoms with Gasteiger partial charge in [-0.3, -0.25) is 0 Å². The molecule has 4 rings (SSSR count). The zero-order valence-corrected chi connectivity index (χ0v) is 15.9. The second-order valence-corrected chi connectivity index (χ2v) is 6.87. The van der Waals surface area contributed by atoms with Gasteiger partial charge in [0, 0.05) is 11.1 Å². The average Bonchev–Trinajstić information content (AvgIpc) is 2.70. The summed E-state index contributed by atoms with van der Waals surface area (Å²) in [6.07, 6.45) is 0. The van der Waals surface area contributed by atoms with Gasteiger partial charge in [0.25, 0.3) is 0 Å². The van der Waals surface area contributed by atoms with Crippen molar-refractivity contribution in [2.24, 2.45) is 0 Å². The third-order valence-corrected chi connectivity index (χ3v) is 4.93.